The number of rotatable bonds is 2. The summed E-state index contributed by atoms with van der Waals surface area (Å²) in [6, 6.07) is 3.50. The molecular weight excluding hydrogens is 200 g/mol. The highest BCUT2D eigenvalue weighted by molar-refractivity contribution is 5.46. The molecule has 0 radical (unpaired) electrons. The molecule has 0 bridgehead atoms. The Hall–Kier alpha value is -1.39. The maximum absolute atomic E-state index is 12.4. The van der Waals surface area contributed by atoms with E-state index in [0.29, 0.717) is 25.2 Å². The van der Waals surface area contributed by atoms with E-state index in [-0.39, 0.29) is 0 Å². The summed E-state index contributed by atoms with van der Waals surface area (Å²) < 4.78 is 24.9. The van der Waals surface area contributed by atoms with Gasteiger partial charge in [0.2, 0.25) is 6.43 Å². The summed E-state index contributed by atoms with van der Waals surface area (Å²) >= 11 is 0. The number of nitrogens with zero attached hydrogens (tertiary/aromatic N) is 2. The topological polar surface area (TPSA) is 42.1 Å². The smallest absolute Gasteiger partial charge is 0.243 e. The summed E-state index contributed by atoms with van der Waals surface area (Å²) in [6.45, 7) is 1.03. The van der Waals surface area contributed by atoms with Crippen LogP contribution in [0.2, 0.25) is 0 Å². The number of hydrogen-bond donors (Lipinski definition) is 1. The van der Waals surface area contributed by atoms with Gasteiger partial charge in [0.1, 0.15) is 5.82 Å². The van der Waals surface area contributed by atoms with Gasteiger partial charge in [-0.15, -0.1) is 0 Å². The molecule has 0 saturated carbocycles. The van der Waals surface area contributed by atoms with Crippen molar-refractivity contribution >= 4 is 11.5 Å². The first kappa shape index (κ1) is 10.1. The Labute approximate surface area is 86.9 Å². The zero-order chi connectivity index (χ0) is 10.8. The Balaban J connectivity index is 2.04. The largest absolute Gasteiger partial charge is 0.397 e. The maximum atomic E-state index is 12.4. The summed E-state index contributed by atoms with van der Waals surface area (Å²) in [5, 5.41) is 0. The van der Waals surface area contributed by atoms with Crippen LogP contribution in [0.3, 0.4) is 0 Å². The van der Waals surface area contributed by atoms with Gasteiger partial charge in [-0.3, -0.25) is 0 Å². The van der Waals surface area contributed by atoms with Gasteiger partial charge < -0.3 is 10.6 Å². The Morgan fingerprint density at radius 2 is 2.27 bits per heavy atom. The molecule has 5 heteroatoms. The second-order valence-electron chi connectivity index (χ2n) is 3.78. The van der Waals surface area contributed by atoms with Crippen LogP contribution in [0.15, 0.2) is 18.3 Å². The van der Waals surface area contributed by atoms with Crippen molar-refractivity contribution < 1.29 is 8.78 Å². The van der Waals surface area contributed by atoms with Crippen LogP contribution in [0.25, 0.3) is 0 Å². The van der Waals surface area contributed by atoms with Crippen LogP contribution in [0.4, 0.5) is 20.3 Å². The van der Waals surface area contributed by atoms with Crippen molar-refractivity contribution in [1.82, 2.24) is 4.98 Å². The minimum absolute atomic E-state index is 0.384. The quantitative estimate of drug-likeness (QED) is 0.813. The molecule has 1 unspecified atom stereocenters. The molecule has 2 rings (SSSR count). The minimum Gasteiger partial charge on any atom is -0.397 e. The SMILES string of the molecule is Nc1ccc(N2CCC(C(F)F)C2)nc1. The van der Waals surface area contributed by atoms with Gasteiger partial charge in [-0.1, -0.05) is 0 Å². The average molecular weight is 213 g/mol. The van der Waals surface area contributed by atoms with E-state index in [1.807, 2.05) is 4.90 Å². The predicted octanol–water partition coefficient (Wildman–Crippen LogP) is 1.76. The van der Waals surface area contributed by atoms with Gasteiger partial charge in [-0.25, -0.2) is 13.8 Å². The highest BCUT2D eigenvalue weighted by atomic mass is 19.3. The van der Waals surface area contributed by atoms with Gasteiger partial charge in [0.15, 0.2) is 0 Å². The molecule has 1 saturated heterocycles. The number of nitrogen functional groups attached to an aromatic ring is 1. The molecule has 0 aromatic carbocycles. The lowest BCUT2D eigenvalue weighted by Gasteiger charge is -2.17. The summed E-state index contributed by atoms with van der Waals surface area (Å²) in [5.41, 5.74) is 6.09. The van der Waals surface area contributed by atoms with Gasteiger partial charge in [0.25, 0.3) is 0 Å². The number of alkyl halides is 2. The molecule has 1 aliphatic rings. The van der Waals surface area contributed by atoms with E-state index in [4.69, 9.17) is 5.73 Å². The van der Waals surface area contributed by atoms with Crippen LogP contribution < -0.4 is 10.6 Å². The molecule has 1 aromatic heterocycles. The number of hydrogen-bond acceptors (Lipinski definition) is 3. The fourth-order valence-corrected chi connectivity index (χ4v) is 1.79. The Kier molecular flexibility index (Phi) is 2.70. The van der Waals surface area contributed by atoms with E-state index in [1.54, 1.807) is 18.3 Å². The highest BCUT2D eigenvalue weighted by Gasteiger charge is 2.29. The van der Waals surface area contributed by atoms with Gasteiger partial charge in [0.05, 0.1) is 11.9 Å². The number of pyridine rings is 1. The zero-order valence-electron chi connectivity index (χ0n) is 8.24. The van der Waals surface area contributed by atoms with E-state index < -0.39 is 12.3 Å². The molecule has 0 aliphatic carbocycles. The summed E-state index contributed by atoms with van der Waals surface area (Å²) in [6.07, 6.45) is -0.154. The molecule has 1 fully saturated rings. The van der Waals surface area contributed by atoms with E-state index >= 15 is 0 Å². The molecule has 2 heterocycles. The molecule has 0 spiro atoms. The number of nitrogens with two attached hydrogens (primary N) is 1. The van der Waals surface area contributed by atoms with Gasteiger partial charge in [0, 0.05) is 19.0 Å². The lowest BCUT2D eigenvalue weighted by molar-refractivity contribution is 0.0880. The zero-order valence-corrected chi connectivity index (χ0v) is 8.24. The monoisotopic (exact) mass is 213 g/mol. The summed E-state index contributed by atoms with van der Waals surface area (Å²) in [7, 11) is 0. The molecule has 0 amide bonds. The second-order valence-corrected chi connectivity index (χ2v) is 3.78. The fourth-order valence-electron chi connectivity index (χ4n) is 1.79. The molecular formula is C10H13F2N3. The molecule has 2 N–H and O–H groups in total. The van der Waals surface area contributed by atoms with Crippen molar-refractivity contribution in [3.05, 3.63) is 18.3 Å². The average Bonchev–Trinajstić information content (AvgIpc) is 2.68. The molecule has 82 valence electrons. The number of anilines is 2. The molecule has 1 atom stereocenters. The van der Waals surface area contributed by atoms with Crippen LogP contribution in [-0.4, -0.2) is 24.5 Å². The van der Waals surface area contributed by atoms with Crippen LogP contribution >= 0.6 is 0 Å². The van der Waals surface area contributed by atoms with Crippen LogP contribution in [0, 0.1) is 5.92 Å². The molecule has 15 heavy (non-hydrogen) atoms. The van der Waals surface area contributed by atoms with E-state index in [2.05, 4.69) is 4.98 Å². The van der Waals surface area contributed by atoms with E-state index in [1.165, 1.54) is 0 Å². The Morgan fingerprint density at radius 1 is 1.47 bits per heavy atom. The van der Waals surface area contributed by atoms with Crippen molar-refractivity contribution in [2.24, 2.45) is 5.92 Å². The minimum atomic E-state index is -2.23. The normalized spacial score (nSPS) is 21.3. The van der Waals surface area contributed by atoms with Crippen LogP contribution in [0.5, 0.6) is 0 Å². The van der Waals surface area contributed by atoms with E-state index in [0.717, 1.165) is 5.82 Å². The van der Waals surface area contributed by atoms with Crippen molar-refractivity contribution in [3.8, 4) is 0 Å². The first-order valence-electron chi connectivity index (χ1n) is 4.91. The highest BCUT2D eigenvalue weighted by Crippen LogP contribution is 2.26. The van der Waals surface area contributed by atoms with Gasteiger partial charge in [-0.05, 0) is 18.6 Å². The maximum Gasteiger partial charge on any atom is 0.243 e. The molecule has 1 aromatic rings. The Morgan fingerprint density at radius 3 is 2.80 bits per heavy atom. The standard InChI is InChI=1S/C10H13F2N3/c11-10(12)7-3-4-15(6-7)9-2-1-8(13)5-14-9/h1-2,5,7,10H,3-4,6,13H2. The lowest BCUT2D eigenvalue weighted by Crippen LogP contribution is -2.22. The van der Waals surface area contributed by atoms with Crippen molar-refractivity contribution in [2.75, 3.05) is 23.7 Å². The van der Waals surface area contributed by atoms with Crippen LogP contribution in [-0.2, 0) is 0 Å². The van der Waals surface area contributed by atoms with Crippen molar-refractivity contribution in [3.63, 3.8) is 0 Å². The number of aromatic nitrogens is 1. The summed E-state index contributed by atoms with van der Waals surface area (Å²) in [4.78, 5) is 5.98. The van der Waals surface area contributed by atoms with E-state index in [9.17, 15) is 8.78 Å². The first-order chi connectivity index (χ1) is 7.16. The fraction of sp³-hybridized carbons (Fsp3) is 0.500. The lowest BCUT2D eigenvalue weighted by atomic mass is 10.1. The summed E-state index contributed by atoms with van der Waals surface area (Å²) in [5.74, 6) is 0.205. The second kappa shape index (κ2) is 4.00. The van der Waals surface area contributed by atoms with Gasteiger partial charge in [-0.2, -0.15) is 0 Å². The van der Waals surface area contributed by atoms with Crippen molar-refractivity contribution in [2.45, 2.75) is 12.8 Å². The van der Waals surface area contributed by atoms with Crippen molar-refractivity contribution in [1.29, 1.82) is 0 Å². The Bertz CT molecular complexity index is 326. The van der Waals surface area contributed by atoms with Gasteiger partial charge >= 0.3 is 0 Å². The predicted molar refractivity (Wildman–Crippen MR) is 55.0 cm³/mol. The third-order valence-corrected chi connectivity index (χ3v) is 2.68. The van der Waals surface area contributed by atoms with Crippen LogP contribution in [0.1, 0.15) is 6.42 Å². The number of halogens is 2. The third kappa shape index (κ3) is 2.16. The molecule has 1 aliphatic heterocycles. The molecule has 3 nitrogen and oxygen atoms in total. The third-order valence-electron chi connectivity index (χ3n) is 2.68. The first-order valence-corrected chi connectivity index (χ1v) is 4.91.